The van der Waals surface area contributed by atoms with Crippen LogP contribution < -0.4 is 4.74 Å². The minimum Gasteiger partial charge on any atom is -0.496 e. The monoisotopic (exact) mass is 256 g/mol. The van der Waals surface area contributed by atoms with E-state index in [-0.39, 0.29) is 5.75 Å². The molecule has 4 nitrogen and oxygen atoms in total. The van der Waals surface area contributed by atoms with Gasteiger partial charge in [-0.05, 0) is 19.9 Å². The van der Waals surface area contributed by atoms with E-state index in [1.165, 1.54) is 21.0 Å². The quantitative estimate of drug-likeness (QED) is 0.872. The van der Waals surface area contributed by atoms with E-state index in [1.54, 1.807) is 12.1 Å². The fourth-order valence-electron chi connectivity index (χ4n) is 1.24. The number of benzene rings is 1. The molecule has 0 aromatic heterocycles. The number of hydrogen-bond acceptors (Lipinski definition) is 3. The van der Waals surface area contributed by atoms with Crippen molar-refractivity contribution in [2.75, 3.05) is 7.11 Å². The van der Waals surface area contributed by atoms with Crippen LogP contribution in [0.2, 0.25) is 0 Å². The largest absolute Gasteiger partial charge is 0.496 e. The van der Waals surface area contributed by atoms with Crippen LogP contribution in [0.3, 0.4) is 0 Å². The van der Waals surface area contributed by atoms with Crippen LogP contribution >= 0.6 is 0 Å². The highest BCUT2D eigenvalue weighted by atomic mass is 32.2. The minimum atomic E-state index is -1.50. The Morgan fingerprint density at radius 3 is 2.53 bits per heavy atom. The molecule has 0 aliphatic carbocycles. The number of methoxy groups -OCH3 is 1. The van der Waals surface area contributed by atoms with Gasteiger partial charge in [-0.3, -0.25) is 9.00 Å². The summed E-state index contributed by atoms with van der Waals surface area (Å²) in [5.41, 5.74) is 0.752. The van der Waals surface area contributed by atoms with Gasteiger partial charge in [0.15, 0.2) is 0 Å². The first-order chi connectivity index (χ1) is 7.89. The van der Waals surface area contributed by atoms with E-state index >= 15 is 0 Å². The Morgan fingerprint density at radius 2 is 2.00 bits per heavy atom. The van der Waals surface area contributed by atoms with Gasteiger partial charge in [-0.2, -0.15) is 0 Å². The van der Waals surface area contributed by atoms with Crippen LogP contribution in [-0.2, 0) is 21.3 Å². The van der Waals surface area contributed by atoms with Gasteiger partial charge in [0.25, 0.3) is 0 Å². The molecule has 1 aromatic carbocycles. The molecule has 0 aliphatic rings. The molecule has 0 fully saturated rings. The van der Waals surface area contributed by atoms with Crippen LogP contribution in [0.15, 0.2) is 24.3 Å². The molecule has 1 atom stereocenters. The predicted octanol–water partition coefficient (Wildman–Crippen LogP) is 1.81. The number of aliphatic carboxylic acids is 1. The van der Waals surface area contributed by atoms with Crippen molar-refractivity contribution in [2.45, 2.75) is 24.3 Å². The van der Waals surface area contributed by atoms with E-state index in [0.717, 1.165) is 5.56 Å². The molecule has 0 saturated carbocycles. The molecular weight excluding hydrogens is 240 g/mol. The van der Waals surface area contributed by atoms with Crippen molar-refractivity contribution in [1.82, 2.24) is 0 Å². The van der Waals surface area contributed by atoms with Gasteiger partial charge in [-0.25, -0.2) is 0 Å². The molecule has 0 saturated heterocycles. The summed E-state index contributed by atoms with van der Waals surface area (Å²) < 4.78 is 15.9. The number of hydrogen-bond donors (Lipinski definition) is 1. The smallest absolute Gasteiger partial charge is 0.321 e. The van der Waals surface area contributed by atoms with Crippen molar-refractivity contribution in [3.63, 3.8) is 0 Å². The zero-order chi connectivity index (χ0) is 13.1. The summed E-state index contributed by atoms with van der Waals surface area (Å²) in [7, 11) is 0.0290. The fourth-order valence-corrected chi connectivity index (χ4v) is 2.32. The van der Waals surface area contributed by atoms with E-state index in [1.807, 2.05) is 12.1 Å². The summed E-state index contributed by atoms with van der Waals surface area (Å²) in [6.45, 7) is 2.92. The standard InChI is InChI=1S/C12H16O4S/c1-12(2,11(13)14)17(15)8-9-6-4-5-7-10(9)16-3/h4-7H,8H2,1-3H3,(H,13,14). The van der Waals surface area contributed by atoms with E-state index in [9.17, 15) is 9.00 Å². The second-order valence-corrected chi connectivity index (χ2v) is 6.12. The van der Waals surface area contributed by atoms with Crippen LogP contribution in [-0.4, -0.2) is 27.1 Å². The van der Waals surface area contributed by atoms with Crippen molar-refractivity contribution in [3.05, 3.63) is 29.8 Å². The summed E-state index contributed by atoms with van der Waals surface area (Å²) in [4.78, 5) is 11.0. The average molecular weight is 256 g/mol. The minimum absolute atomic E-state index is 0.170. The third kappa shape index (κ3) is 3.06. The molecule has 1 unspecified atom stereocenters. The first kappa shape index (κ1) is 13.7. The van der Waals surface area contributed by atoms with Crippen molar-refractivity contribution in [3.8, 4) is 5.75 Å². The molecule has 0 aliphatic heterocycles. The first-order valence-electron chi connectivity index (χ1n) is 5.13. The highest BCUT2D eigenvalue weighted by Crippen LogP contribution is 2.23. The third-order valence-electron chi connectivity index (χ3n) is 2.56. The Kier molecular flexibility index (Phi) is 4.28. The highest BCUT2D eigenvalue weighted by Gasteiger charge is 2.34. The molecule has 0 heterocycles. The molecule has 94 valence electrons. The van der Waals surface area contributed by atoms with Crippen LogP contribution in [0.1, 0.15) is 19.4 Å². The van der Waals surface area contributed by atoms with Gasteiger partial charge in [0.05, 0.1) is 12.9 Å². The van der Waals surface area contributed by atoms with Gasteiger partial charge < -0.3 is 9.84 Å². The number of carboxylic acids is 1. The van der Waals surface area contributed by atoms with E-state index in [0.29, 0.717) is 5.75 Å². The Bertz CT molecular complexity index is 440. The Hall–Kier alpha value is -1.36. The van der Waals surface area contributed by atoms with Gasteiger partial charge >= 0.3 is 5.97 Å². The summed E-state index contributed by atoms with van der Waals surface area (Å²) >= 11 is 0. The van der Waals surface area contributed by atoms with Crippen LogP contribution in [0.4, 0.5) is 0 Å². The lowest BCUT2D eigenvalue weighted by Gasteiger charge is -2.19. The van der Waals surface area contributed by atoms with Gasteiger partial charge in [0, 0.05) is 16.4 Å². The van der Waals surface area contributed by atoms with E-state index in [2.05, 4.69) is 0 Å². The van der Waals surface area contributed by atoms with Crippen molar-refractivity contribution < 1.29 is 18.8 Å². The first-order valence-corrected chi connectivity index (χ1v) is 6.45. The Morgan fingerprint density at radius 1 is 1.41 bits per heavy atom. The van der Waals surface area contributed by atoms with Crippen LogP contribution in [0.5, 0.6) is 5.75 Å². The summed E-state index contributed by atoms with van der Waals surface area (Å²) in [6, 6.07) is 7.17. The maximum Gasteiger partial charge on any atom is 0.321 e. The van der Waals surface area contributed by atoms with E-state index < -0.39 is 21.5 Å². The lowest BCUT2D eigenvalue weighted by Crippen LogP contribution is -2.37. The predicted molar refractivity (Wildman–Crippen MR) is 66.6 cm³/mol. The number of carboxylic acid groups (broad SMARTS) is 1. The molecule has 0 bridgehead atoms. The molecule has 5 heteroatoms. The fraction of sp³-hybridized carbons (Fsp3) is 0.417. The Balaban J connectivity index is 2.92. The van der Waals surface area contributed by atoms with Gasteiger partial charge in [-0.1, -0.05) is 18.2 Å². The molecule has 1 rings (SSSR count). The second-order valence-electron chi connectivity index (χ2n) is 4.12. The molecule has 1 N–H and O–H groups in total. The SMILES string of the molecule is COc1ccccc1CS(=O)C(C)(C)C(=O)O. The summed E-state index contributed by atoms with van der Waals surface area (Å²) in [5, 5.41) is 8.99. The zero-order valence-electron chi connectivity index (χ0n) is 10.1. The highest BCUT2D eigenvalue weighted by molar-refractivity contribution is 7.86. The maximum atomic E-state index is 12.0. The van der Waals surface area contributed by atoms with E-state index in [4.69, 9.17) is 9.84 Å². The molecule has 0 spiro atoms. The Labute approximate surface area is 103 Å². The van der Waals surface area contributed by atoms with Crippen LogP contribution in [0.25, 0.3) is 0 Å². The van der Waals surface area contributed by atoms with Crippen molar-refractivity contribution in [1.29, 1.82) is 0 Å². The molecule has 1 aromatic rings. The molecular formula is C12H16O4S. The normalized spacial score (nSPS) is 13.1. The maximum absolute atomic E-state index is 12.0. The third-order valence-corrected chi connectivity index (χ3v) is 4.45. The second kappa shape index (κ2) is 5.31. The number of rotatable bonds is 5. The molecule has 0 radical (unpaired) electrons. The topological polar surface area (TPSA) is 63.6 Å². The number of para-hydroxylation sites is 1. The summed E-state index contributed by atoms with van der Waals surface area (Å²) in [5.74, 6) is -0.267. The van der Waals surface area contributed by atoms with Crippen molar-refractivity contribution in [2.24, 2.45) is 0 Å². The number of ether oxygens (including phenoxy) is 1. The van der Waals surface area contributed by atoms with Gasteiger partial charge in [0.2, 0.25) is 0 Å². The lowest BCUT2D eigenvalue weighted by molar-refractivity contribution is -0.139. The lowest BCUT2D eigenvalue weighted by atomic mass is 10.2. The molecule has 0 amide bonds. The van der Waals surface area contributed by atoms with Crippen molar-refractivity contribution >= 4 is 16.8 Å². The summed E-state index contributed by atoms with van der Waals surface area (Å²) in [6.07, 6.45) is 0. The number of carbonyl (C=O) groups is 1. The van der Waals surface area contributed by atoms with Crippen LogP contribution in [0, 0.1) is 0 Å². The molecule has 17 heavy (non-hydrogen) atoms. The van der Waals surface area contributed by atoms with Gasteiger partial charge in [-0.15, -0.1) is 0 Å². The average Bonchev–Trinajstić information content (AvgIpc) is 2.29. The zero-order valence-corrected chi connectivity index (χ0v) is 10.9. The van der Waals surface area contributed by atoms with Gasteiger partial charge in [0.1, 0.15) is 10.5 Å².